The smallest absolute Gasteiger partial charge is 0.0159 e. The van der Waals surface area contributed by atoms with Crippen LogP contribution in [0.15, 0.2) is 84.9 Å². The Morgan fingerprint density at radius 3 is 1.84 bits per heavy atom. The van der Waals surface area contributed by atoms with Crippen molar-refractivity contribution in [3.05, 3.63) is 96.1 Å². The van der Waals surface area contributed by atoms with Crippen molar-refractivity contribution in [2.75, 3.05) is 0 Å². The molecule has 1 aliphatic rings. The maximum Gasteiger partial charge on any atom is 0.0159 e. The van der Waals surface area contributed by atoms with Gasteiger partial charge in [0, 0.05) is 5.41 Å². The molecule has 0 saturated carbocycles. The lowest BCUT2D eigenvalue weighted by molar-refractivity contribution is 0.646. The fourth-order valence-electron chi connectivity index (χ4n) is 5.04. The summed E-state index contributed by atoms with van der Waals surface area (Å²) in [6, 6.07) is 31.5. The Balaban J connectivity index is 0.000000549. The van der Waals surface area contributed by atoms with Crippen molar-refractivity contribution in [1.82, 2.24) is 0 Å². The molecule has 6 rings (SSSR count). The standard InChI is InChI=1S/C27H20.2C2H6/c1-27(2)23-12-6-10-17-9-5-11-21(25(17)23)26-22-16-19-8-4-3-7-18(19)15-20(22)13-14-24(26)27;2*1-2/h3-16H,1-2H3;2*1-2H3. The van der Waals surface area contributed by atoms with Gasteiger partial charge in [0.25, 0.3) is 0 Å². The zero-order chi connectivity index (χ0) is 22.2. The van der Waals surface area contributed by atoms with Crippen LogP contribution in [0, 0.1) is 0 Å². The summed E-state index contributed by atoms with van der Waals surface area (Å²) in [7, 11) is 0. The minimum absolute atomic E-state index is 0.0109. The molecule has 31 heavy (non-hydrogen) atoms. The largest absolute Gasteiger partial charge is 0.0683 e. The molecule has 0 unspecified atom stereocenters. The molecule has 0 spiro atoms. The van der Waals surface area contributed by atoms with Crippen molar-refractivity contribution < 1.29 is 0 Å². The lowest BCUT2D eigenvalue weighted by Gasteiger charge is -2.35. The summed E-state index contributed by atoms with van der Waals surface area (Å²) in [5.74, 6) is 0. The van der Waals surface area contributed by atoms with Crippen LogP contribution < -0.4 is 0 Å². The van der Waals surface area contributed by atoms with Crippen molar-refractivity contribution in [3.63, 3.8) is 0 Å². The maximum atomic E-state index is 2.38. The average Bonchev–Trinajstić information content (AvgIpc) is 2.83. The molecule has 0 heterocycles. The van der Waals surface area contributed by atoms with Gasteiger partial charge in [0.05, 0.1) is 0 Å². The van der Waals surface area contributed by atoms with E-state index in [1.165, 1.54) is 54.6 Å². The summed E-state index contributed by atoms with van der Waals surface area (Å²) in [6.45, 7) is 12.7. The molecular formula is C31H32. The van der Waals surface area contributed by atoms with E-state index < -0.39 is 0 Å². The Kier molecular flexibility index (Phi) is 5.58. The zero-order valence-electron chi connectivity index (χ0n) is 19.6. The van der Waals surface area contributed by atoms with Crippen LogP contribution in [0.25, 0.3) is 43.4 Å². The Hall–Kier alpha value is -3.12. The first-order valence-electron chi connectivity index (χ1n) is 11.6. The van der Waals surface area contributed by atoms with E-state index in [-0.39, 0.29) is 5.41 Å². The molecule has 0 amide bonds. The maximum absolute atomic E-state index is 2.38. The molecule has 0 atom stereocenters. The van der Waals surface area contributed by atoms with Crippen LogP contribution in [0.1, 0.15) is 52.7 Å². The summed E-state index contributed by atoms with van der Waals surface area (Å²) in [4.78, 5) is 0. The van der Waals surface area contributed by atoms with Gasteiger partial charge < -0.3 is 0 Å². The first kappa shape index (κ1) is 21.1. The monoisotopic (exact) mass is 404 g/mol. The summed E-state index contributed by atoms with van der Waals surface area (Å²) < 4.78 is 0. The molecule has 0 aromatic heterocycles. The average molecular weight is 405 g/mol. The van der Waals surface area contributed by atoms with Crippen molar-refractivity contribution in [3.8, 4) is 11.1 Å². The van der Waals surface area contributed by atoms with Gasteiger partial charge in [0.2, 0.25) is 0 Å². The summed E-state index contributed by atoms with van der Waals surface area (Å²) in [5.41, 5.74) is 5.63. The predicted molar refractivity (Wildman–Crippen MR) is 139 cm³/mol. The lowest BCUT2D eigenvalue weighted by atomic mass is 9.67. The lowest BCUT2D eigenvalue weighted by Crippen LogP contribution is -2.23. The molecule has 0 aliphatic heterocycles. The Bertz CT molecular complexity index is 1380. The van der Waals surface area contributed by atoms with Crippen LogP contribution in [-0.4, -0.2) is 0 Å². The third-order valence-corrected chi connectivity index (χ3v) is 6.41. The van der Waals surface area contributed by atoms with Gasteiger partial charge in [0.1, 0.15) is 0 Å². The van der Waals surface area contributed by atoms with E-state index in [1.54, 1.807) is 0 Å². The highest BCUT2D eigenvalue weighted by Crippen LogP contribution is 2.50. The Labute approximate surface area is 186 Å². The van der Waals surface area contributed by atoms with Gasteiger partial charge in [0.15, 0.2) is 0 Å². The third kappa shape index (κ3) is 3.13. The molecular weight excluding hydrogens is 372 g/mol. The highest BCUT2D eigenvalue weighted by molar-refractivity contribution is 6.13. The Morgan fingerprint density at radius 2 is 1.13 bits per heavy atom. The number of rotatable bonds is 0. The van der Waals surface area contributed by atoms with Crippen LogP contribution in [0.5, 0.6) is 0 Å². The van der Waals surface area contributed by atoms with E-state index in [2.05, 4.69) is 98.8 Å². The summed E-state index contributed by atoms with van der Waals surface area (Å²) in [5, 5.41) is 8.04. The van der Waals surface area contributed by atoms with E-state index in [4.69, 9.17) is 0 Å². The topological polar surface area (TPSA) is 0 Å². The number of hydrogen-bond acceptors (Lipinski definition) is 0. The molecule has 0 heteroatoms. The van der Waals surface area contributed by atoms with Crippen LogP contribution in [0.4, 0.5) is 0 Å². The van der Waals surface area contributed by atoms with Gasteiger partial charge in [-0.1, -0.05) is 114 Å². The second kappa shape index (κ2) is 8.19. The second-order valence-electron chi connectivity index (χ2n) is 8.24. The van der Waals surface area contributed by atoms with Crippen molar-refractivity contribution in [2.45, 2.75) is 47.0 Å². The van der Waals surface area contributed by atoms with Crippen molar-refractivity contribution >= 4 is 32.3 Å². The van der Waals surface area contributed by atoms with Crippen LogP contribution in [0.2, 0.25) is 0 Å². The van der Waals surface area contributed by atoms with Gasteiger partial charge in [-0.2, -0.15) is 0 Å². The van der Waals surface area contributed by atoms with Crippen LogP contribution >= 0.6 is 0 Å². The molecule has 0 saturated heterocycles. The molecule has 0 bridgehead atoms. The highest BCUT2D eigenvalue weighted by Gasteiger charge is 2.34. The second-order valence-corrected chi connectivity index (χ2v) is 8.24. The minimum Gasteiger partial charge on any atom is -0.0683 e. The summed E-state index contributed by atoms with van der Waals surface area (Å²) >= 11 is 0. The quantitative estimate of drug-likeness (QED) is 0.225. The fourth-order valence-corrected chi connectivity index (χ4v) is 5.04. The molecule has 5 aromatic rings. The number of benzene rings is 5. The first-order valence-corrected chi connectivity index (χ1v) is 11.6. The van der Waals surface area contributed by atoms with E-state index >= 15 is 0 Å². The van der Waals surface area contributed by atoms with Gasteiger partial charge in [-0.3, -0.25) is 0 Å². The van der Waals surface area contributed by atoms with E-state index in [0.29, 0.717) is 0 Å². The fraction of sp³-hybridized carbons (Fsp3) is 0.226. The molecule has 0 N–H and O–H groups in total. The van der Waals surface area contributed by atoms with Gasteiger partial charge in [-0.25, -0.2) is 0 Å². The van der Waals surface area contributed by atoms with Crippen LogP contribution in [-0.2, 0) is 5.41 Å². The van der Waals surface area contributed by atoms with E-state index in [1.807, 2.05) is 27.7 Å². The molecule has 0 fully saturated rings. The first-order chi connectivity index (χ1) is 15.1. The number of fused-ring (bicyclic) bond motifs is 5. The molecule has 1 aliphatic carbocycles. The van der Waals surface area contributed by atoms with Crippen molar-refractivity contribution in [1.29, 1.82) is 0 Å². The Morgan fingerprint density at radius 1 is 0.516 bits per heavy atom. The number of hydrogen-bond donors (Lipinski definition) is 0. The molecule has 156 valence electrons. The molecule has 0 radical (unpaired) electrons. The normalized spacial score (nSPS) is 13.1. The van der Waals surface area contributed by atoms with E-state index in [0.717, 1.165) is 0 Å². The molecule has 0 nitrogen and oxygen atoms in total. The highest BCUT2D eigenvalue weighted by atomic mass is 14.4. The third-order valence-electron chi connectivity index (χ3n) is 6.41. The van der Waals surface area contributed by atoms with E-state index in [9.17, 15) is 0 Å². The van der Waals surface area contributed by atoms with Gasteiger partial charge in [-0.05, 0) is 66.7 Å². The summed E-state index contributed by atoms with van der Waals surface area (Å²) in [6.07, 6.45) is 0. The van der Waals surface area contributed by atoms with Crippen LogP contribution in [0.3, 0.4) is 0 Å². The van der Waals surface area contributed by atoms with Crippen molar-refractivity contribution in [2.24, 2.45) is 0 Å². The SMILES string of the molecule is CC.CC.CC1(C)c2ccc3cc4ccccc4cc3c2-c2cccc3cccc1c23. The van der Waals surface area contributed by atoms with Gasteiger partial charge >= 0.3 is 0 Å². The zero-order valence-corrected chi connectivity index (χ0v) is 19.6. The minimum atomic E-state index is -0.0109. The van der Waals surface area contributed by atoms with Gasteiger partial charge in [-0.15, -0.1) is 0 Å². The predicted octanol–water partition coefficient (Wildman–Crippen LogP) is 9.50. The molecule has 5 aromatic carbocycles.